The fraction of sp³-hybridized carbons (Fsp3) is 0.500. The number of piperidine rings is 2. The third-order valence-electron chi connectivity index (χ3n) is 4.83. The Balaban J connectivity index is 0.00000144. The lowest BCUT2D eigenvalue weighted by atomic mass is 9.82. The van der Waals surface area contributed by atoms with Crippen molar-refractivity contribution in [3.63, 3.8) is 0 Å². The van der Waals surface area contributed by atoms with Gasteiger partial charge in [0.1, 0.15) is 5.69 Å². The van der Waals surface area contributed by atoms with Crippen LogP contribution >= 0.6 is 23.9 Å². The summed E-state index contributed by atoms with van der Waals surface area (Å²) in [6.07, 6.45) is 5.24. The maximum atomic E-state index is 13.0. The van der Waals surface area contributed by atoms with Crippen LogP contribution < -0.4 is 5.73 Å². The highest BCUT2D eigenvalue weighted by Gasteiger charge is 2.40. The van der Waals surface area contributed by atoms with E-state index in [9.17, 15) is 4.79 Å². The zero-order chi connectivity index (χ0) is 14.4. The summed E-state index contributed by atoms with van der Waals surface area (Å²) < 4.78 is 5.52. The molecule has 0 aliphatic carbocycles. The van der Waals surface area contributed by atoms with Crippen LogP contribution in [0.25, 0.3) is 10.1 Å². The quantitative estimate of drug-likeness (QED) is 0.869. The highest BCUT2D eigenvalue weighted by atomic mass is 35.5. The Hall–Kier alpha value is -1.17. The second-order valence-electron chi connectivity index (χ2n) is 6.21. The Bertz CT molecular complexity index is 675. The van der Waals surface area contributed by atoms with Gasteiger partial charge in [-0.1, -0.05) is 18.2 Å². The van der Waals surface area contributed by atoms with Gasteiger partial charge < -0.3 is 10.6 Å². The smallest absolute Gasteiger partial charge is 0.274 e. The van der Waals surface area contributed by atoms with Crippen LogP contribution in [0.5, 0.6) is 0 Å². The van der Waals surface area contributed by atoms with Gasteiger partial charge in [0.2, 0.25) is 0 Å². The van der Waals surface area contributed by atoms with Gasteiger partial charge in [0.25, 0.3) is 5.91 Å². The Morgan fingerprint density at radius 2 is 1.91 bits per heavy atom. The molecular formula is C16H20ClN3OS. The van der Waals surface area contributed by atoms with Gasteiger partial charge in [0, 0.05) is 23.5 Å². The fourth-order valence-corrected chi connectivity index (χ4v) is 4.69. The molecule has 2 bridgehead atoms. The third kappa shape index (κ3) is 2.51. The van der Waals surface area contributed by atoms with E-state index in [2.05, 4.69) is 9.27 Å². The van der Waals surface area contributed by atoms with Crippen LogP contribution in [-0.4, -0.2) is 33.3 Å². The number of hydrogen-bond acceptors (Lipinski definition) is 4. The number of nitrogens with zero attached hydrogens (tertiary/aromatic N) is 2. The van der Waals surface area contributed by atoms with E-state index in [0.29, 0.717) is 17.8 Å². The number of amides is 1. The van der Waals surface area contributed by atoms with E-state index in [-0.39, 0.29) is 24.4 Å². The van der Waals surface area contributed by atoms with Crippen LogP contribution in [0, 0.1) is 0 Å². The summed E-state index contributed by atoms with van der Waals surface area (Å²) in [5, 5.41) is 0.987. The van der Waals surface area contributed by atoms with Crippen LogP contribution in [-0.2, 0) is 0 Å². The number of nitrogens with two attached hydrogens (primary N) is 1. The number of carbonyl (C=O) groups is 1. The van der Waals surface area contributed by atoms with Crippen molar-refractivity contribution in [2.45, 2.75) is 50.2 Å². The van der Waals surface area contributed by atoms with Crippen molar-refractivity contribution in [3.8, 4) is 0 Å². The number of rotatable bonds is 1. The second-order valence-corrected chi connectivity index (χ2v) is 7.01. The lowest BCUT2D eigenvalue weighted by Crippen LogP contribution is -2.57. The minimum Gasteiger partial charge on any atom is -0.331 e. The molecule has 1 amide bonds. The van der Waals surface area contributed by atoms with Gasteiger partial charge >= 0.3 is 0 Å². The molecular weight excluding hydrogens is 318 g/mol. The molecule has 2 N–H and O–H groups in total. The van der Waals surface area contributed by atoms with Gasteiger partial charge in [-0.15, -0.1) is 12.4 Å². The molecule has 0 radical (unpaired) electrons. The van der Waals surface area contributed by atoms with Gasteiger partial charge in [-0.05, 0) is 49.7 Å². The molecule has 2 unspecified atom stereocenters. The third-order valence-corrected chi connectivity index (χ3v) is 5.65. The molecule has 6 heteroatoms. The number of aromatic nitrogens is 1. The van der Waals surface area contributed by atoms with E-state index >= 15 is 0 Å². The van der Waals surface area contributed by atoms with E-state index in [4.69, 9.17) is 5.73 Å². The first-order valence-corrected chi connectivity index (χ1v) is 8.44. The van der Waals surface area contributed by atoms with Crippen molar-refractivity contribution >= 4 is 39.9 Å². The lowest BCUT2D eigenvalue weighted by Gasteiger charge is -2.48. The molecule has 2 aliphatic heterocycles. The predicted molar refractivity (Wildman–Crippen MR) is 91.7 cm³/mol. The van der Waals surface area contributed by atoms with E-state index in [0.717, 1.165) is 35.8 Å². The Morgan fingerprint density at radius 1 is 1.23 bits per heavy atom. The standard InChI is InChI=1S/C16H19N3OS.ClH/c17-10-8-11-4-3-5-12(9-10)19(11)16(20)15-13-6-1-2-7-14(13)21-18-15;/h1-2,6-7,10-12H,3-5,8-9,17H2;1H. The van der Waals surface area contributed by atoms with E-state index in [1.807, 2.05) is 24.3 Å². The maximum absolute atomic E-state index is 13.0. The Kier molecular flexibility index (Phi) is 4.39. The highest BCUT2D eigenvalue weighted by Crippen LogP contribution is 2.35. The monoisotopic (exact) mass is 337 g/mol. The number of halogens is 1. The molecule has 0 saturated carbocycles. The number of benzene rings is 1. The molecule has 118 valence electrons. The normalized spacial score (nSPS) is 27.5. The van der Waals surface area contributed by atoms with Crippen molar-refractivity contribution in [3.05, 3.63) is 30.0 Å². The fourth-order valence-electron chi connectivity index (χ4n) is 3.92. The van der Waals surface area contributed by atoms with Gasteiger partial charge in [0.15, 0.2) is 0 Å². The molecule has 4 rings (SSSR count). The average molecular weight is 338 g/mol. The van der Waals surface area contributed by atoms with Crippen molar-refractivity contribution in [1.82, 2.24) is 9.27 Å². The van der Waals surface area contributed by atoms with Crippen LogP contribution in [0.3, 0.4) is 0 Å². The average Bonchev–Trinajstić information content (AvgIpc) is 2.89. The maximum Gasteiger partial charge on any atom is 0.274 e. The summed E-state index contributed by atoms with van der Waals surface area (Å²) in [5.74, 6) is 0.106. The van der Waals surface area contributed by atoms with Gasteiger partial charge in [-0.2, -0.15) is 4.37 Å². The van der Waals surface area contributed by atoms with Crippen molar-refractivity contribution in [2.24, 2.45) is 5.73 Å². The highest BCUT2D eigenvalue weighted by molar-refractivity contribution is 7.13. The first-order chi connectivity index (χ1) is 10.2. The topological polar surface area (TPSA) is 59.2 Å². The SMILES string of the molecule is Cl.NC1CC2CCCC(C1)N2C(=O)c1nsc2ccccc12. The largest absolute Gasteiger partial charge is 0.331 e. The summed E-state index contributed by atoms with van der Waals surface area (Å²) in [7, 11) is 0. The zero-order valence-corrected chi connectivity index (χ0v) is 13.9. The molecule has 22 heavy (non-hydrogen) atoms. The molecule has 2 saturated heterocycles. The first kappa shape index (κ1) is 15.7. The summed E-state index contributed by atoms with van der Waals surface area (Å²) in [4.78, 5) is 15.1. The molecule has 1 aromatic carbocycles. The second kappa shape index (κ2) is 6.14. The van der Waals surface area contributed by atoms with E-state index < -0.39 is 0 Å². The van der Waals surface area contributed by atoms with Crippen LogP contribution in [0.2, 0.25) is 0 Å². The van der Waals surface area contributed by atoms with Crippen LogP contribution in [0.15, 0.2) is 24.3 Å². The van der Waals surface area contributed by atoms with Gasteiger partial charge in [-0.3, -0.25) is 4.79 Å². The minimum absolute atomic E-state index is 0. The minimum atomic E-state index is 0. The Morgan fingerprint density at radius 3 is 2.64 bits per heavy atom. The summed E-state index contributed by atoms with van der Waals surface area (Å²) in [5.41, 5.74) is 6.77. The summed E-state index contributed by atoms with van der Waals surface area (Å²) in [6.45, 7) is 0. The summed E-state index contributed by atoms with van der Waals surface area (Å²) in [6, 6.07) is 8.84. The van der Waals surface area contributed by atoms with E-state index in [1.54, 1.807) is 0 Å². The Labute approximate surface area is 140 Å². The summed E-state index contributed by atoms with van der Waals surface area (Å²) >= 11 is 1.41. The number of hydrogen-bond donors (Lipinski definition) is 1. The van der Waals surface area contributed by atoms with Crippen LogP contribution in [0.1, 0.15) is 42.6 Å². The predicted octanol–water partition coefficient (Wildman–Crippen LogP) is 3.20. The number of carbonyl (C=O) groups excluding carboxylic acids is 1. The van der Waals surface area contributed by atoms with Crippen molar-refractivity contribution in [2.75, 3.05) is 0 Å². The number of fused-ring (bicyclic) bond motifs is 3. The van der Waals surface area contributed by atoms with Crippen molar-refractivity contribution < 1.29 is 4.79 Å². The zero-order valence-electron chi connectivity index (χ0n) is 12.3. The van der Waals surface area contributed by atoms with Gasteiger partial charge in [0.05, 0.1) is 4.70 Å². The van der Waals surface area contributed by atoms with Crippen molar-refractivity contribution in [1.29, 1.82) is 0 Å². The molecule has 0 spiro atoms. The van der Waals surface area contributed by atoms with Crippen LogP contribution in [0.4, 0.5) is 0 Å². The molecule has 2 aromatic rings. The molecule has 4 nitrogen and oxygen atoms in total. The lowest BCUT2D eigenvalue weighted by molar-refractivity contribution is 0.0240. The molecule has 1 aromatic heterocycles. The molecule has 2 aliphatic rings. The molecule has 2 atom stereocenters. The van der Waals surface area contributed by atoms with Gasteiger partial charge in [-0.25, -0.2) is 0 Å². The molecule has 3 heterocycles. The van der Waals surface area contributed by atoms with E-state index in [1.165, 1.54) is 18.0 Å². The molecule has 2 fully saturated rings. The first-order valence-electron chi connectivity index (χ1n) is 7.66.